The van der Waals surface area contributed by atoms with E-state index in [4.69, 9.17) is 11.6 Å². The molecule has 0 spiro atoms. The summed E-state index contributed by atoms with van der Waals surface area (Å²) in [6.07, 6.45) is 0. The third-order valence-corrected chi connectivity index (χ3v) is 5.82. The first-order chi connectivity index (χ1) is 14.4. The zero-order chi connectivity index (χ0) is 21.4. The van der Waals surface area contributed by atoms with Crippen molar-refractivity contribution in [2.45, 2.75) is 19.5 Å². The van der Waals surface area contributed by atoms with Crippen LogP contribution in [0.4, 0.5) is 13.2 Å². The number of imidazole rings is 1. The van der Waals surface area contributed by atoms with Crippen molar-refractivity contribution in [1.82, 2.24) is 19.4 Å². The summed E-state index contributed by atoms with van der Waals surface area (Å²) >= 11 is 6.01. The molecule has 1 saturated heterocycles. The third kappa shape index (κ3) is 3.77. The molecule has 4 rings (SSSR count). The number of alkyl halides is 2. The van der Waals surface area contributed by atoms with Crippen molar-refractivity contribution < 1.29 is 18.0 Å². The molecule has 2 heterocycles. The summed E-state index contributed by atoms with van der Waals surface area (Å²) in [7, 11) is 0. The fourth-order valence-electron chi connectivity index (χ4n) is 3.87. The molecule has 1 aliphatic heterocycles. The lowest BCUT2D eigenvalue weighted by Crippen LogP contribution is -2.49. The van der Waals surface area contributed by atoms with Crippen molar-refractivity contribution in [3.8, 4) is 0 Å². The Labute approximate surface area is 176 Å². The molecule has 0 radical (unpaired) electrons. The van der Waals surface area contributed by atoms with E-state index in [0.29, 0.717) is 43.0 Å². The number of amides is 1. The Morgan fingerprint density at radius 2 is 1.80 bits per heavy atom. The summed E-state index contributed by atoms with van der Waals surface area (Å²) in [4.78, 5) is 20.8. The van der Waals surface area contributed by atoms with Crippen molar-refractivity contribution in [2.75, 3.05) is 26.2 Å². The first-order valence-electron chi connectivity index (χ1n) is 9.60. The molecule has 0 saturated carbocycles. The second-order valence-electron chi connectivity index (χ2n) is 7.23. The zero-order valence-corrected chi connectivity index (χ0v) is 17.0. The molecule has 0 bridgehead atoms. The maximum Gasteiger partial charge on any atom is 0.320 e. The molecule has 0 N–H and O–H groups in total. The Morgan fingerprint density at radius 1 is 1.10 bits per heavy atom. The Kier molecular flexibility index (Phi) is 5.71. The van der Waals surface area contributed by atoms with Crippen molar-refractivity contribution >= 4 is 28.5 Å². The van der Waals surface area contributed by atoms with Crippen LogP contribution in [-0.4, -0.2) is 51.4 Å². The minimum absolute atomic E-state index is 0.0708. The van der Waals surface area contributed by atoms with Crippen LogP contribution in [0, 0.1) is 5.82 Å². The molecule has 3 aromatic rings. The number of aromatic nitrogens is 2. The molecule has 1 fully saturated rings. The monoisotopic (exact) mass is 436 g/mol. The summed E-state index contributed by atoms with van der Waals surface area (Å²) in [5.74, 6) is -0.475. The lowest BCUT2D eigenvalue weighted by Gasteiger charge is -2.38. The number of piperazine rings is 1. The third-order valence-electron chi connectivity index (χ3n) is 5.50. The molecule has 2 aromatic carbocycles. The molecule has 1 atom stereocenters. The maximum absolute atomic E-state index is 13.8. The molecule has 1 unspecified atom stereocenters. The summed E-state index contributed by atoms with van der Waals surface area (Å²) < 4.78 is 41.7. The molecular weight excluding hydrogens is 417 g/mol. The first kappa shape index (κ1) is 20.7. The molecule has 158 valence electrons. The van der Waals surface area contributed by atoms with E-state index in [9.17, 15) is 18.0 Å². The highest BCUT2D eigenvalue weighted by molar-refractivity contribution is 6.33. The van der Waals surface area contributed by atoms with Crippen LogP contribution >= 0.6 is 11.6 Å². The number of carbonyl (C=O) groups is 1. The number of halogens is 4. The van der Waals surface area contributed by atoms with E-state index in [1.54, 1.807) is 29.2 Å². The van der Waals surface area contributed by atoms with Crippen LogP contribution in [0.1, 0.15) is 35.7 Å². The van der Waals surface area contributed by atoms with Gasteiger partial charge in [-0.25, -0.2) is 9.37 Å². The van der Waals surface area contributed by atoms with E-state index in [2.05, 4.69) is 4.98 Å². The molecule has 1 aromatic heterocycles. The number of fused-ring (bicyclic) bond motifs is 1. The van der Waals surface area contributed by atoms with Crippen LogP contribution in [0.3, 0.4) is 0 Å². The molecule has 5 nitrogen and oxygen atoms in total. The largest absolute Gasteiger partial charge is 0.336 e. The van der Waals surface area contributed by atoms with Gasteiger partial charge in [0.1, 0.15) is 11.6 Å². The number of nitrogens with zero attached hydrogens (tertiary/aromatic N) is 4. The van der Waals surface area contributed by atoms with Crippen LogP contribution in [0.2, 0.25) is 5.02 Å². The topological polar surface area (TPSA) is 41.4 Å². The van der Waals surface area contributed by atoms with Gasteiger partial charge in [0.2, 0.25) is 0 Å². The Morgan fingerprint density at radius 3 is 2.47 bits per heavy atom. The van der Waals surface area contributed by atoms with Gasteiger partial charge in [-0.1, -0.05) is 23.7 Å². The Balaban J connectivity index is 1.50. The minimum Gasteiger partial charge on any atom is -0.336 e. The molecular formula is C21H20ClF3N4O. The van der Waals surface area contributed by atoms with Gasteiger partial charge in [-0.2, -0.15) is 8.78 Å². The van der Waals surface area contributed by atoms with E-state index in [1.807, 2.05) is 11.8 Å². The van der Waals surface area contributed by atoms with E-state index >= 15 is 0 Å². The Bertz CT molecular complexity index is 1080. The second kappa shape index (κ2) is 8.28. The van der Waals surface area contributed by atoms with E-state index in [-0.39, 0.29) is 22.5 Å². The summed E-state index contributed by atoms with van der Waals surface area (Å²) in [5.41, 5.74) is 1.17. The van der Waals surface area contributed by atoms with Crippen molar-refractivity contribution in [3.63, 3.8) is 0 Å². The summed E-state index contributed by atoms with van der Waals surface area (Å²) in [6.45, 7) is 0.959. The normalized spacial score (nSPS) is 16.4. The minimum atomic E-state index is -2.70. The second-order valence-corrected chi connectivity index (χ2v) is 7.64. The average molecular weight is 437 g/mol. The van der Waals surface area contributed by atoms with Gasteiger partial charge >= 0.3 is 6.55 Å². The number of benzene rings is 2. The van der Waals surface area contributed by atoms with Gasteiger partial charge in [0.15, 0.2) is 0 Å². The van der Waals surface area contributed by atoms with E-state index in [0.717, 1.165) is 10.6 Å². The zero-order valence-electron chi connectivity index (χ0n) is 16.2. The van der Waals surface area contributed by atoms with Crippen LogP contribution in [0.15, 0.2) is 42.5 Å². The van der Waals surface area contributed by atoms with Crippen molar-refractivity contribution in [1.29, 1.82) is 0 Å². The quantitative estimate of drug-likeness (QED) is 0.593. The smallest absolute Gasteiger partial charge is 0.320 e. The van der Waals surface area contributed by atoms with Gasteiger partial charge in [0, 0.05) is 26.2 Å². The van der Waals surface area contributed by atoms with Gasteiger partial charge in [0.25, 0.3) is 5.91 Å². The van der Waals surface area contributed by atoms with Crippen LogP contribution in [0.25, 0.3) is 11.0 Å². The van der Waals surface area contributed by atoms with Gasteiger partial charge in [-0.05, 0) is 37.3 Å². The van der Waals surface area contributed by atoms with Crippen LogP contribution < -0.4 is 0 Å². The maximum atomic E-state index is 13.8. The predicted octanol–water partition coefficient (Wildman–Crippen LogP) is 4.74. The summed E-state index contributed by atoms with van der Waals surface area (Å²) in [5, 5.41) is 0.0708. The molecule has 1 amide bonds. The number of hydrogen-bond donors (Lipinski definition) is 0. The fourth-order valence-corrected chi connectivity index (χ4v) is 4.12. The predicted molar refractivity (Wildman–Crippen MR) is 108 cm³/mol. The number of para-hydroxylation sites is 2. The standard InChI is InChI=1S/C21H20ClF3N4O/c1-13(19-26-17-4-2-3-5-18(17)29(19)21(24)25)27-8-10-28(11-9-27)20(30)15-7-6-14(23)12-16(15)22/h2-7,12-13,21H,8-11H2,1H3. The highest BCUT2D eigenvalue weighted by atomic mass is 35.5. The molecule has 30 heavy (non-hydrogen) atoms. The SMILES string of the molecule is CC(c1nc2ccccc2n1C(F)F)N1CCN(C(=O)c2ccc(F)cc2Cl)CC1. The van der Waals surface area contributed by atoms with Crippen molar-refractivity contribution in [3.05, 3.63) is 64.7 Å². The summed E-state index contributed by atoms with van der Waals surface area (Å²) in [6, 6.07) is 10.2. The lowest BCUT2D eigenvalue weighted by atomic mass is 10.1. The van der Waals surface area contributed by atoms with Gasteiger partial charge in [-0.15, -0.1) is 0 Å². The average Bonchev–Trinajstić information content (AvgIpc) is 3.13. The number of carbonyl (C=O) groups excluding carboxylic acids is 1. The van der Waals surface area contributed by atoms with Gasteiger partial charge in [0.05, 0.1) is 27.7 Å². The van der Waals surface area contributed by atoms with E-state index in [1.165, 1.54) is 12.1 Å². The van der Waals surface area contributed by atoms with Crippen LogP contribution in [0.5, 0.6) is 0 Å². The first-order valence-corrected chi connectivity index (χ1v) is 9.98. The molecule has 1 aliphatic rings. The molecule has 9 heteroatoms. The Hall–Kier alpha value is -2.58. The van der Waals surface area contributed by atoms with Crippen LogP contribution in [-0.2, 0) is 0 Å². The van der Waals surface area contributed by atoms with Crippen molar-refractivity contribution in [2.24, 2.45) is 0 Å². The highest BCUT2D eigenvalue weighted by Crippen LogP contribution is 2.30. The number of hydrogen-bond acceptors (Lipinski definition) is 3. The van der Waals surface area contributed by atoms with E-state index < -0.39 is 12.4 Å². The lowest BCUT2D eigenvalue weighted by molar-refractivity contribution is 0.0495. The fraction of sp³-hybridized carbons (Fsp3) is 0.333. The highest BCUT2D eigenvalue weighted by Gasteiger charge is 2.30. The number of rotatable bonds is 4. The molecule has 0 aliphatic carbocycles. The van der Waals surface area contributed by atoms with Gasteiger partial charge < -0.3 is 4.90 Å². The van der Waals surface area contributed by atoms with Gasteiger partial charge in [-0.3, -0.25) is 14.3 Å².